The van der Waals surface area contributed by atoms with Crippen LogP contribution in [0.5, 0.6) is 11.8 Å². The molecule has 2 bridgehead atoms. The van der Waals surface area contributed by atoms with Crippen molar-refractivity contribution in [1.29, 1.82) is 0 Å². The molecule has 0 spiro atoms. The first-order chi connectivity index (χ1) is 37.8. The number of phenols is 1. The van der Waals surface area contributed by atoms with Crippen molar-refractivity contribution in [1.82, 2.24) is 40.7 Å². The van der Waals surface area contributed by atoms with Crippen LogP contribution in [0.25, 0.3) is 32.9 Å². The van der Waals surface area contributed by atoms with Crippen LogP contribution in [0.2, 0.25) is 0 Å². The predicted molar refractivity (Wildman–Crippen MR) is 283 cm³/mol. The number of carbonyl (C=O) groups is 5. The Morgan fingerprint density at radius 1 is 1.03 bits per heavy atom. The molecule has 408 valence electrons. The number of alkyl carbamates (subject to hydrolysis) is 1. The van der Waals surface area contributed by atoms with Crippen molar-refractivity contribution in [3.05, 3.63) is 89.1 Å². The molecule has 4 fully saturated rings. The Bertz CT molecular complexity index is 3240. The minimum Gasteiger partial charge on any atom is -0.508 e. The van der Waals surface area contributed by atoms with E-state index in [2.05, 4.69) is 53.5 Å². The Labute approximate surface area is 448 Å². The Kier molecular flexibility index (Phi) is 15.8. The van der Waals surface area contributed by atoms with E-state index < -0.39 is 47.0 Å². The molecular weight excluding hydrogens is 1010 g/mol. The average Bonchev–Trinajstić information content (AvgIpc) is 4.30. The van der Waals surface area contributed by atoms with E-state index in [1.54, 1.807) is 12.1 Å². The van der Waals surface area contributed by atoms with Gasteiger partial charge in [0, 0.05) is 87.2 Å². The van der Waals surface area contributed by atoms with Crippen LogP contribution in [0.4, 0.5) is 25.1 Å². The molecule has 5 N–H and O–H groups in total. The highest BCUT2D eigenvalue weighted by atomic mass is 19.1. The molecule has 78 heavy (non-hydrogen) atoms. The number of aromatic nitrogens is 3. The number of nitrogens with zero attached hydrogens (tertiary/aromatic N) is 6. The van der Waals surface area contributed by atoms with Crippen molar-refractivity contribution in [2.24, 2.45) is 0 Å². The van der Waals surface area contributed by atoms with Gasteiger partial charge in [0.2, 0.25) is 5.91 Å². The molecule has 0 saturated carbocycles. The van der Waals surface area contributed by atoms with Crippen LogP contribution >= 0.6 is 0 Å². The highest BCUT2D eigenvalue weighted by Gasteiger charge is 2.52. The topological polar surface area (TPSA) is 239 Å². The number of rotatable bonds is 22. The maximum absolute atomic E-state index is 17.2. The number of benzene rings is 3. The number of piperazine rings is 1. The molecule has 5 unspecified atom stereocenters. The Morgan fingerprint density at radius 3 is 2.56 bits per heavy atom. The van der Waals surface area contributed by atoms with Gasteiger partial charge in [-0.05, 0) is 74.2 Å². The van der Waals surface area contributed by atoms with Crippen molar-refractivity contribution in [2.75, 3.05) is 89.6 Å². The van der Waals surface area contributed by atoms with Gasteiger partial charge in [0.15, 0.2) is 5.82 Å². The summed E-state index contributed by atoms with van der Waals surface area (Å²) >= 11 is 0. The van der Waals surface area contributed by atoms with E-state index in [0.29, 0.717) is 74.0 Å². The molecule has 2 aromatic heterocycles. The van der Waals surface area contributed by atoms with Crippen LogP contribution < -0.4 is 30.9 Å². The third kappa shape index (κ3) is 10.6. The van der Waals surface area contributed by atoms with E-state index in [1.165, 1.54) is 43.6 Å². The van der Waals surface area contributed by atoms with Crippen molar-refractivity contribution >= 4 is 63.3 Å². The van der Waals surface area contributed by atoms with E-state index in [1.807, 2.05) is 0 Å². The van der Waals surface area contributed by atoms with Crippen LogP contribution in [0.1, 0.15) is 71.2 Å². The molecule has 4 amide bonds. The number of carbonyl (C=O) groups excluding carboxylic acids is 5. The van der Waals surface area contributed by atoms with Crippen LogP contribution in [0.15, 0.2) is 60.8 Å². The summed E-state index contributed by atoms with van der Waals surface area (Å²) < 4.78 is 55.8. The minimum absolute atomic E-state index is 0.00556. The number of ether oxygens (including phenoxy) is 4. The zero-order chi connectivity index (χ0) is 54.7. The van der Waals surface area contributed by atoms with Crippen molar-refractivity contribution in [3.8, 4) is 35.4 Å². The summed E-state index contributed by atoms with van der Waals surface area (Å²) in [6.45, 7) is 7.84. The number of amides is 4. The van der Waals surface area contributed by atoms with Gasteiger partial charge in [-0.25, -0.2) is 13.6 Å². The second-order valence-electron chi connectivity index (χ2n) is 20.2. The number of anilines is 2. The number of aromatic hydroxyl groups is 1. The number of hydrogen-bond acceptors (Lipinski definition) is 17. The maximum Gasteiger partial charge on any atom is 0.407 e. The van der Waals surface area contributed by atoms with Gasteiger partial charge in [0.05, 0.1) is 54.0 Å². The summed E-state index contributed by atoms with van der Waals surface area (Å²) in [6, 6.07) is 9.41. The molecule has 0 aliphatic carbocycles. The minimum atomic E-state index is -1.12. The molecule has 5 aromatic rings. The van der Waals surface area contributed by atoms with Crippen molar-refractivity contribution in [3.63, 3.8) is 0 Å². The van der Waals surface area contributed by atoms with Gasteiger partial charge in [-0.3, -0.25) is 29.2 Å². The van der Waals surface area contributed by atoms with E-state index in [9.17, 15) is 29.1 Å². The quantitative estimate of drug-likeness (QED) is 0.0205. The SMILES string of the molecule is C#Cc1c(F)ccc2cc(O)cc(-c3ncc4c(N5CC6CCC(C5)N6)nc(OCC56CCC(COC(=O)NCCOCCOCCNc7cccc8c7C(=O)N(C(CCC=O)C(=O)NC)C8=O)N5CC(=C)C6)nc4c3F)c12. The normalized spacial score (nSPS) is 20.9. The fourth-order valence-electron chi connectivity index (χ4n) is 11.7. The lowest BCUT2D eigenvalue weighted by Gasteiger charge is -2.35. The van der Waals surface area contributed by atoms with Gasteiger partial charge < -0.3 is 55.0 Å². The van der Waals surface area contributed by atoms with Gasteiger partial charge in [0.1, 0.15) is 54.1 Å². The number of likely N-dealkylation sites (N-methyl/N-ethyl adjacent to an activating group) is 1. The number of halogens is 2. The van der Waals surface area contributed by atoms with Crippen LogP contribution in [-0.2, 0) is 23.8 Å². The van der Waals surface area contributed by atoms with Gasteiger partial charge in [-0.15, -0.1) is 6.42 Å². The van der Waals surface area contributed by atoms with Crippen LogP contribution in [-0.4, -0.2) is 169 Å². The number of fused-ring (bicyclic) bond motifs is 6. The Balaban J connectivity index is 0.711. The second kappa shape index (κ2) is 23.0. The lowest BCUT2D eigenvalue weighted by molar-refractivity contribution is -0.124. The molecule has 5 aliphatic rings. The van der Waals surface area contributed by atoms with Crippen molar-refractivity contribution in [2.45, 2.75) is 74.7 Å². The summed E-state index contributed by atoms with van der Waals surface area (Å²) in [7, 11) is 1.40. The lowest BCUT2D eigenvalue weighted by atomic mass is 9.94. The zero-order valence-electron chi connectivity index (χ0n) is 43.1. The number of nitrogens with one attached hydrogen (secondary N) is 4. The van der Waals surface area contributed by atoms with Gasteiger partial charge in [0.25, 0.3) is 11.8 Å². The molecule has 10 rings (SSSR count). The third-order valence-corrected chi connectivity index (χ3v) is 15.3. The molecule has 20 nitrogen and oxygen atoms in total. The monoisotopic (exact) mass is 1070 g/mol. The Hall–Kier alpha value is -7.84. The van der Waals surface area contributed by atoms with E-state index >= 15 is 8.78 Å². The summed E-state index contributed by atoms with van der Waals surface area (Å²) in [5.74, 6) is -0.555. The van der Waals surface area contributed by atoms with E-state index in [4.69, 9.17) is 30.4 Å². The first kappa shape index (κ1) is 53.6. The first-order valence-electron chi connectivity index (χ1n) is 26.1. The Morgan fingerprint density at radius 2 is 1.81 bits per heavy atom. The molecule has 22 heteroatoms. The van der Waals surface area contributed by atoms with Crippen LogP contribution in [0, 0.1) is 24.0 Å². The fraction of sp³-hybridized carbons (Fsp3) is 0.429. The van der Waals surface area contributed by atoms with E-state index in [0.717, 1.165) is 23.3 Å². The zero-order valence-corrected chi connectivity index (χ0v) is 43.1. The smallest absolute Gasteiger partial charge is 0.407 e. The maximum atomic E-state index is 17.2. The average molecular weight is 1070 g/mol. The first-order valence-corrected chi connectivity index (χ1v) is 26.1. The number of pyridine rings is 1. The molecule has 4 saturated heterocycles. The van der Waals surface area contributed by atoms with Gasteiger partial charge in [-0.1, -0.05) is 30.2 Å². The summed E-state index contributed by atoms with van der Waals surface area (Å²) in [6.07, 6.45) is 11.4. The fourth-order valence-corrected chi connectivity index (χ4v) is 11.7. The number of hydrogen-bond donors (Lipinski definition) is 5. The lowest BCUT2D eigenvalue weighted by Crippen LogP contribution is -2.51. The number of imide groups is 1. The molecule has 3 aromatic carbocycles. The van der Waals surface area contributed by atoms with Gasteiger partial charge in [-0.2, -0.15) is 9.97 Å². The largest absolute Gasteiger partial charge is 0.508 e. The second-order valence-corrected chi connectivity index (χ2v) is 20.2. The molecule has 5 aliphatic heterocycles. The third-order valence-electron chi connectivity index (χ3n) is 15.3. The molecule has 0 radical (unpaired) electrons. The number of terminal acetylenes is 1. The summed E-state index contributed by atoms with van der Waals surface area (Å²) in [5, 5.41) is 23.7. The molecule has 5 atom stereocenters. The molecular formula is C56H60F2N10O10. The van der Waals surface area contributed by atoms with Gasteiger partial charge >= 0.3 is 12.1 Å². The molecule has 7 heterocycles. The standard InChI is InChI=1S/C56H60F2N10O10/c1-4-38-42(57)13-10-33-23-37(70)24-40(45(33)38)48-47(58)49-41(26-62-48)50(66-28-34-11-12-35(29-66)63-34)65-54(64-49)78-31-56-15-14-36(67(56)27-32(2)25-56)30-77-55(74)61-17-20-76-22-21-75-19-16-60-43-8-5-7-39-46(43)53(73)68(52(39)72)44(9-6-18-69)51(71)59-3/h1,5,7-8,10,13,18,23-24,26,34-36,44,60,63,70H,2,6,9,11-12,14-17,19-22,25,27-31H2,3H3,(H,59,71)(H,61,74). The number of phenolic OH excluding ortho intramolecular Hbond substituents is 1. The van der Waals surface area contributed by atoms with Crippen molar-refractivity contribution < 1.29 is 56.8 Å². The summed E-state index contributed by atoms with van der Waals surface area (Å²) in [4.78, 5) is 82.5. The predicted octanol–water partition coefficient (Wildman–Crippen LogP) is 4.85. The number of aldehydes is 1. The van der Waals surface area contributed by atoms with E-state index in [-0.39, 0.29) is 128 Å². The van der Waals surface area contributed by atoms with Crippen LogP contribution in [0.3, 0.4) is 0 Å². The highest BCUT2D eigenvalue weighted by Crippen LogP contribution is 2.45. The summed E-state index contributed by atoms with van der Waals surface area (Å²) in [5.41, 5.74) is 1.01. The highest BCUT2D eigenvalue weighted by molar-refractivity contribution is 6.25.